The van der Waals surface area contributed by atoms with Gasteiger partial charge in [-0.1, -0.05) is 23.4 Å². The maximum absolute atomic E-state index is 13.9. The molecule has 0 unspecified atom stereocenters. The molecule has 0 bridgehead atoms. The highest BCUT2D eigenvalue weighted by Gasteiger charge is 2.14. The van der Waals surface area contributed by atoms with Crippen LogP contribution in [0.1, 0.15) is 17.4 Å². The van der Waals surface area contributed by atoms with E-state index in [0.29, 0.717) is 5.69 Å². The molecule has 1 heterocycles. The zero-order chi connectivity index (χ0) is 17.8. The molecule has 0 aliphatic rings. The van der Waals surface area contributed by atoms with E-state index in [9.17, 15) is 14.0 Å². The maximum Gasteiger partial charge on any atom is 0.277 e. The minimum Gasteiger partial charge on any atom is -0.326 e. The van der Waals surface area contributed by atoms with Crippen LogP contribution in [0, 0.1) is 5.82 Å². The topological polar surface area (TPSA) is 88.9 Å². The Balaban J connectivity index is 1.79. The van der Waals surface area contributed by atoms with Gasteiger partial charge in [-0.15, -0.1) is 5.10 Å². The Bertz CT molecular complexity index is 924. The van der Waals surface area contributed by atoms with Gasteiger partial charge in [0.05, 0.1) is 17.6 Å². The van der Waals surface area contributed by atoms with Gasteiger partial charge in [0.15, 0.2) is 5.69 Å². The van der Waals surface area contributed by atoms with E-state index in [1.807, 2.05) is 30.3 Å². The lowest BCUT2D eigenvalue weighted by atomic mass is 10.2. The first kappa shape index (κ1) is 16.3. The maximum atomic E-state index is 13.9. The molecule has 0 fully saturated rings. The van der Waals surface area contributed by atoms with Crippen LogP contribution in [0.25, 0.3) is 5.69 Å². The molecular formula is C17H14FN5O2. The van der Waals surface area contributed by atoms with Crippen LogP contribution in [-0.2, 0) is 4.79 Å². The van der Waals surface area contributed by atoms with Crippen LogP contribution in [0.4, 0.5) is 15.8 Å². The van der Waals surface area contributed by atoms with E-state index in [4.69, 9.17) is 0 Å². The molecule has 8 heteroatoms. The van der Waals surface area contributed by atoms with Crippen molar-refractivity contribution in [1.29, 1.82) is 0 Å². The number of carbonyl (C=O) groups excluding carboxylic acids is 2. The Hall–Kier alpha value is -3.55. The van der Waals surface area contributed by atoms with Crippen LogP contribution in [0.5, 0.6) is 0 Å². The van der Waals surface area contributed by atoms with Gasteiger partial charge >= 0.3 is 0 Å². The number of anilines is 2. The second-order valence-corrected chi connectivity index (χ2v) is 5.21. The SMILES string of the molecule is CC(=O)Nc1ccc(F)c(NC(=O)c2cn(-c3ccccc3)nn2)c1. The molecule has 0 spiro atoms. The molecule has 0 aliphatic carbocycles. The monoisotopic (exact) mass is 339 g/mol. The van der Waals surface area contributed by atoms with Crippen molar-refractivity contribution < 1.29 is 14.0 Å². The molecule has 0 aliphatic heterocycles. The smallest absolute Gasteiger partial charge is 0.277 e. The number of rotatable bonds is 4. The van der Waals surface area contributed by atoms with Crippen molar-refractivity contribution in [3.05, 3.63) is 66.2 Å². The molecule has 2 amide bonds. The van der Waals surface area contributed by atoms with Crippen molar-refractivity contribution in [3.8, 4) is 5.69 Å². The fourth-order valence-corrected chi connectivity index (χ4v) is 2.16. The summed E-state index contributed by atoms with van der Waals surface area (Å²) in [6.07, 6.45) is 1.44. The first-order valence-electron chi connectivity index (χ1n) is 7.39. The first-order valence-corrected chi connectivity index (χ1v) is 7.39. The summed E-state index contributed by atoms with van der Waals surface area (Å²) in [4.78, 5) is 23.3. The van der Waals surface area contributed by atoms with Gasteiger partial charge in [0.25, 0.3) is 5.91 Å². The number of carbonyl (C=O) groups is 2. The highest BCUT2D eigenvalue weighted by Crippen LogP contribution is 2.20. The molecule has 3 aromatic rings. The molecule has 7 nitrogen and oxygen atoms in total. The van der Waals surface area contributed by atoms with E-state index < -0.39 is 11.7 Å². The Kier molecular flexibility index (Phi) is 4.51. The molecule has 0 saturated carbocycles. The van der Waals surface area contributed by atoms with Crippen molar-refractivity contribution in [3.63, 3.8) is 0 Å². The number of aromatic nitrogens is 3. The number of nitrogens with zero attached hydrogens (tertiary/aromatic N) is 3. The highest BCUT2D eigenvalue weighted by atomic mass is 19.1. The summed E-state index contributed by atoms with van der Waals surface area (Å²) in [5, 5.41) is 12.6. The number of halogens is 1. The molecule has 0 radical (unpaired) electrons. The molecule has 2 N–H and O–H groups in total. The van der Waals surface area contributed by atoms with E-state index >= 15 is 0 Å². The number of para-hydroxylation sites is 1. The molecular weight excluding hydrogens is 325 g/mol. The minimum atomic E-state index is -0.627. The quantitative estimate of drug-likeness (QED) is 0.765. The molecule has 0 atom stereocenters. The number of hydrogen-bond donors (Lipinski definition) is 2. The zero-order valence-electron chi connectivity index (χ0n) is 13.2. The fourth-order valence-electron chi connectivity index (χ4n) is 2.16. The third-order valence-corrected chi connectivity index (χ3v) is 3.28. The Morgan fingerprint density at radius 3 is 2.56 bits per heavy atom. The van der Waals surface area contributed by atoms with Gasteiger partial charge in [-0.3, -0.25) is 9.59 Å². The van der Waals surface area contributed by atoms with Gasteiger partial charge in [0.2, 0.25) is 5.91 Å². The van der Waals surface area contributed by atoms with Crippen molar-refractivity contribution in [2.45, 2.75) is 6.92 Å². The van der Waals surface area contributed by atoms with Crippen molar-refractivity contribution in [1.82, 2.24) is 15.0 Å². The Labute approximate surface area is 142 Å². The second kappa shape index (κ2) is 6.91. The normalized spacial score (nSPS) is 10.3. The van der Waals surface area contributed by atoms with Crippen LogP contribution in [0.3, 0.4) is 0 Å². The van der Waals surface area contributed by atoms with Crippen LogP contribution in [-0.4, -0.2) is 26.8 Å². The van der Waals surface area contributed by atoms with E-state index in [1.165, 1.54) is 29.9 Å². The first-order chi connectivity index (χ1) is 12.0. The van der Waals surface area contributed by atoms with E-state index in [1.54, 1.807) is 0 Å². The minimum absolute atomic E-state index is 0.0354. The summed E-state index contributed by atoms with van der Waals surface area (Å²) in [6, 6.07) is 13.0. The van der Waals surface area contributed by atoms with Crippen LogP contribution >= 0.6 is 0 Å². The molecule has 25 heavy (non-hydrogen) atoms. The van der Waals surface area contributed by atoms with Crippen LogP contribution < -0.4 is 10.6 Å². The molecule has 1 aromatic heterocycles. The lowest BCUT2D eigenvalue weighted by molar-refractivity contribution is -0.114. The average molecular weight is 339 g/mol. The molecule has 126 valence electrons. The lowest BCUT2D eigenvalue weighted by Crippen LogP contribution is -2.14. The summed E-state index contributed by atoms with van der Waals surface area (Å²) in [5.41, 5.74) is 1.09. The van der Waals surface area contributed by atoms with E-state index in [-0.39, 0.29) is 17.3 Å². The largest absolute Gasteiger partial charge is 0.326 e. The summed E-state index contributed by atoms with van der Waals surface area (Å²) < 4.78 is 15.3. The van der Waals surface area contributed by atoms with E-state index in [2.05, 4.69) is 20.9 Å². The fraction of sp³-hybridized carbons (Fsp3) is 0.0588. The van der Waals surface area contributed by atoms with Gasteiger partial charge in [0, 0.05) is 12.6 Å². The van der Waals surface area contributed by atoms with Crippen LogP contribution in [0.2, 0.25) is 0 Å². The summed E-state index contributed by atoms with van der Waals surface area (Å²) in [7, 11) is 0. The number of amides is 2. The van der Waals surface area contributed by atoms with Gasteiger partial charge in [-0.05, 0) is 30.3 Å². The summed E-state index contributed by atoms with van der Waals surface area (Å²) in [6.45, 7) is 1.34. The van der Waals surface area contributed by atoms with E-state index in [0.717, 1.165) is 11.8 Å². The predicted octanol–water partition coefficient (Wildman–Crippen LogP) is 2.62. The molecule has 3 rings (SSSR count). The third-order valence-electron chi connectivity index (χ3n) is 3.28. The highest BCUT2D eigenvalue weighted by molar-refractivity contribution is 6.03. The van der Waals surface area contributed by atoms with Gasteiger partial charge in [-0.25, -0.2) is 9.07 Å². The van der Waals surface area contributed by atoms with Gasteiger partial charge in [-0.2, -0.15) is 0 Å². The van der Waals surface area contributed by atoms with Crippen molar-refractivity contribution >= 4 is 23.2 Å². The van der Waals surface area contributed by atoms with Gasteiger partial charge in [0.1, 0.15) is 5.82 Å². The average Bonchev–Trinajstić information content (AvgIpc) is 3.08. The summed E-state index contributed by atoms with van der Waals surface area (Å²) >= 11 is 0. The standard InChI is InChI=1S/C17H14FN5O2/c1-11(24)19-12-7-8-14(18)15(9-12)20-17(25)16-10-23(22-21-16)13-5-3-2-4-6-13/h2-10H,1H3,(H,19,24)(H,20,25). The van der Waals surface area contributed by atoms with Crippen molar-refractivity contribution in [2.24, 2.45) is 0 Å². The van der Waals surface area contributed by atoms with Gasteiger partial charge < -0.3 is 10.6 Å². The van der Waals surface area contributed by atoms with Crippen molar-refractivity contribution in [2.75, 3.05) is 10.6 Å². The summed E-state index contributed by atoms with van der Waals surface area (Å²) in [5.74, 6) is -1.53. The lowest BCUT2D eigenvalue weighted by Gasteiger charge is -2.08. The molecule has 0 saturated heterocycles. The Morgan fingerprint density at radius 1 is 1.08 bits per heavy atom. The van der Waals surface area contributed by atoms with Crippen LogP contribution in [0.15, 0.2) is 54.7 Å². The Morgan fingerprint density at radius 2 is 1.84 bits per heavy atom. The molecule has 2 aromatic carbocycles. The predicted molar refractivity (Wildman–Crippen MR) is 90.0 cm³/mol. The number of hydrogen-bond acceptors (Lipinski definition) is 4. The second-order valence-electron chi connectivity index (χ2n) is 5.21. The number of benzene rings is 2. The third kappa shape index (κ3) is 3.86. The number of nitrogens with one attached hydrogen (secondary N) is 2. The zero-order valence-corrected chi connectivity index (χ0v) is 13.2.